The Kier molecular flexibility index (Phi) is 6.80. The summed E-state index contributed by atoms with van der Waals surface area (Å²) in [5.74, 6) is 0.349. The molecular weight excluding hydrogens is 402 g/mol. The van der Waals surface area contributed by atoms with E-state index >= 15 is 0 Å². The zero-order valence-corrected chi connectivity index (χ0v) is 18.8. The van der Waals surface area contributed by atoms with Gasteiger partial charge in [0.1, 0.15) is 5.75 Å². The molecule has 0 bridgehead atoms. The average Bonchev–Trinajstić information content (AvgIpc) is 2.93. The maximum atomic E-state index is 12.9. The molecule has 0 saturated carbocycles. The van der Waals surface area contributed by atoms with Crippen LogP contribution in [-0.4, -0.2) is 49.2 Å². The summed E-state index contributed by atoms with van der Waals surface area (Å²) in [7, 11) is -3.69. The van der Waals surface area contributed by atoms with Gasteiger partial charge in [0, 0.05) is 25.3 Å². The van der Waals surface area contributed by atoms with Crippen LogP contribution in [0.15, 0.2) is 36.4 Å². The Morgan fingerprint density at radius 1 is 1.03 bits per heavy atom. The van der Waals surface area contributed by atoms with Crippen LogP contribution in [0.1, 0.15) is 29.2 Å². The molecule has 1 saturated heterocycles. The van der Waals surface area contributed by atoms with Crippen LogP contribution in [0.25, 0.3) is 0 Å². The van der Waals surface area contributed by atoms with Crippen molar-refractivity contribution in [2.75, 3.05) is 31.6 Å². The minimum atomic E-state index is -3.69. The second kappa shape index (κ2) is 9.16. The SMILES string of the molecule is CCOc1ccc(NC(=O)CN2CCN(Cc3c(C)cc(C)cc3C)S2(=O)=O)cc1. The molecule has 1 fully saturated rings. The van der Waals surface area contributed by atoms with Crippen LogP contribution < -0.4 is 10.1 Å². The fourth-order valence-electron chi connectivity index (χ4n) is 3.74. The van der Waals surface area contributed by atoms with E-state index in [1.54, 1.807) is 24.3 Å². The van der Waals surface area contributed by atoms with Crippen LogP contribution in [0.2, 0.25) is 0 Å². The molecule has 0 aliphatic carbocycles. The summed E-state index contributed by atoms with van der Waals surface area (Å²) < 4.78 is 34.0. The molecule has 0 unspecified atom stereocenters. The lowest BCUT2D eigenvalue weighted by Gasteiger charge is -2.20. The molecule has 0 radical (unpaired) electrons. The number of ether oxygens (including phenoxy) is 1. The Balaban J connectivity index is 1.63. The number of nitrogens with zero attached hydrogens (tertiary/aromatic N) is 2. The Morgan fingerprint density at radius 3 is 2.23 bits per heavy atom. The third-order valence-electron chi connectivity index (χ3n) is 5.20. The number of carbonyl (C=O) groups is 1. The minimum Gasteiger partial charge on any atom is -0.494 e. The highest BCUT2D eigenvalue weighted by Crippen LogP contribution is 2.24. The quantitative estimate of drug-likeness (QED) is 0.731. The van der Waals surface area contributed by atoms with E-state index in [2.05, 4.69) is 17.4 Å². The highest BCUT2D eigenvalue weighted by atomic mass is 32.2. The first-order valence-electron chi connectivity index (χ1n) is 10.1. The van der Waals surface area contributed by atoms with E-state index in [0.717, 1.165) is 28.0 Å². The molecule has 8 heteroatoms. The number of nitrogens with one attached hydrogen (secondary N) is 1. The van der Waals surface area contributed by atoms with Crippen LogP contribution >= 0.6 is 0 Å². The molecule has 1 amide bonds. The van der Waals surface area contributed by atoms with Crippen molar-refractivity contribution in [2.45, 2.75) is 34.2 Å². The van der Waals surface area contributed by atoms with E-state index in [0.29, 0.717) is 31.9 Å². The maximum Gasteiger partial charge on any atom is 0.282 e. The molecule has 1 heterocycles. The normalized spacial score (nSPS) is 16.5. The number of amides is 1. The smallest absolute Gasteiger partial charge is 0.282 e. The largest absolute Gasteiger partial charge is 0.494 e. The second-order valence-corrected chi connectivity index (χ2v) is 9.49. The van der Waals surface area contributed by atoms with Gasteiger partial charge in [0.05, 0.1) is 13.2 Å². The molecule has 30 heavy (non-hydrogen) atoms. The van der Waals surface area contributed by atoms with Crippen molar-refractivity contribution in [1.29, 1.82) is 0 Å². The third-order valence-corrected chi connectivity index (χ3v) is 7.12. The van der Waals surface area contributed by atoms with E-state index < -0.39 is 10.2 Å². The van der Waals surface area contributed by atoms with Crippen molar-refractivity contribution in [3.63, 3.8) is 0 Å². The van der Waals surface area contributed by atoms with Gasteiger partial charge in [0.15, 0.2) is 0 Å². The molecule has 2 aromatic carbocycles. The molecule has 0 atom stereocenters. The maximum absolute atomic E-state index is 12.9. The predicted molar refractivity (Wildman–Crippen MR) is 118 cm³/mol. The summed E-state index contributed by atoms with van der Waals surface area (Å²) in [4.78, 5) is 12.4. The van der Waals surface area contributed by atoms with Gasteiger partial charge in [-0.2, -0.15) is 17.0 Å². The van der Waals surface area contributed by atoms with E-state index in [1.165, 1.54) is 8.61 Å². The van der Waals surface area contributed by atoms with Gasteiger partial charge in [-0.1, -0.05) is 17.7 Å². The number of hydrogen-bond donors (Lipinski definition) is 1. The van der Waals surface area contributed by atoms with Gasteiger partial charge in [0.25, 0.3) is 10.2 Å². The standard InChI is InChI=1S/C22H29N3O4S/c1-5-29-20-8-6-19(7-9-20)23-22(26)15-25-11-10-24(30(25,27)28)14-21-17(3)12-16(2)13-18(21)4/h6-9,12-13H,5,10-11,14-15H2,1-4H3,(H,23,26). The molecule has 0 aromatic heterocycles. The van der Waals surface area contributed by atoms with Crippen LogP contribution in [0.5, 0.6) is 5.75 Å². The molecule has 1 N–H and O–H groups in total. The average molecular weight is 432 g/mol. The van der Waals surface area contributed by atoms with E-state index in [4.69, 9.17) is 4.74 Å². The highest BCUT2D eigenvalue weighted by Gasteiger charge is 2.37. The monoisotopic (exact) mass is 431 g/mol. The van der Waals surface area contributed by atoms with Crippen LogP contribution in [0.3, 0.4) is 0 Å². The lowest BCUT2D eigenvalue weighted by Crippen LogP contribution is -2.38. The third kappa shape index (κ3) is 5.00. The van der Waals surface area contributed by atoms with Crippen molar-refractivity contribution in [3.05, 3.63) is 58.7 Å². The summed E-state index contributed by atoms with van der Waals surface area (Å²) in [5, 5.41) is 2.75. The molecule has 3 rings (SSSR count). The van der Waals surface area contributed by atoms with Crippen LogP contribution in [0, 0.1) is 20.8 Å². The van der Waals surface area contributed by atoms with Crippen LogP contribution in [-0.2, 0) is 21.5 Å². The van der Waals surface area contributed by atoms with E-state index in [-0.39, 0.29) is 12.5 Å². The van der Waals surface area contributed by atoms with Crippen molar-refractivity contribution < 1.29 is 17.9 Å². The lowest BCUT2D eigenvalue weighted by molar-refractivity contribution is -0.116. The Labute approximate surface area is 178 Å². The van der Waals surface area contributed by atoms with E-state index in [1.807, 2.05) is 27.7 Å². The van der Waals surface area contributed by atoms with Gasteiger partial charge < -0.3 is 10.1 Å². The van der Waals surface area contributed by atoms with Crippen molar-refractivity contribution in [1.82, 2.24) is 8.61 Å². The molecule has 2 aromatic rings. The number of anilines is 1. The van der Waals surface area contributed by atoms with Gasteiger partial charge in [-0.15, -0.1) is 0 Å². The van der Waals surface area contributed by atoms with Gasteiger partial charge in [-0.05, 0) is 68.7 Å². The van der Waals surface area contributed by atoms with Crippen molar-refractivity contribution in [2.24, 2.45) is 0 Å². The van der Waals surface area contributed by atoms with Gasteiger partial charge >= 0.3 is 0 Å². The number of benzene rings is 2. The number of carbonyl (C=O) groups excluding carboxylic acids is 1. The molecule has 7 nitrogen and oxygen atoms in total. The fourth-order valence-corrected chi connectivity index (χ4v) is 5.26. The summed E-state index contributed by atoms with van der Waals surface area (Å²) in [6, 6.07) is 11.1. The zero-order chi connectivity index (χ0) is 21.9. The minimum absolute atomic E-state index is 0.210. The van der Waals surface area contributed by atoms with E-state index in [9.17, 15) is 13.2 Å². The molecule has 1 aliphatic heterocycles. The summed E-state index contributed by atoms with van der Waals surface area (Å²) in [6.07, 6.45) is 0. The van der Waals surface area contributed by atoms with Crippen molar-refractivity contribution >= 4 is 21.8 Å². The van der Waals surface area contributed by atoms with Gasteiger partial charge in [-0.25, -0.2) is 0 Å². The van der Waals surface area contributed by atoms with Gasteiger partial charge in [-0.3, -0.25) is 4.79 Å². The molecule has 0 spiro atoms. The summed E-state index contributed by atoms with van der Waals surface area (Å²) in [5.41, 5.74) is 4.93. The molecular formula is C22H29N3O4S. The van der Waals surface area contributed by atoms with Gasteiger partial charge in [0.2, 0.25) is 5.91 Å². The van der Waals surface area contributed by atoms with Crippen molar-refractivity contribution in [3.8, 4) is 5.75 Å². The highest BCUT2D eigenvalue weighted by molar-refractivity contribution is 7.87. The Morgan fingerprint density at radius 2 is 1.63 bits per heavy atom. The number of rotatable bonds is 7. The first-order chi connectivity index (χ1) is 14.2. The molecule has 162 valence electrons. The predicted octanol–water partition coefficient (Wildman–Crippen LogP) is 3.01. The Hall–Kier alpha value is -2.42. The lowest BCUT2D eigenvalue weighted by atomic mass is 10.00. The number of hydrogen-bond acceptors (Lipinski definition) is 4. The summed E-state index contributed by atoms with van der Waals surface area (Å²) >= 11 is 0. The molecule has 1 aliphatic rings. The topological polar surface area (TPSA) is 79.0 Å². The fraction of sp³-hybridized carbons (Fsp3) is 0.409. The summed E-state index contributed by atoms with van der Waals surface area (Å²) in [6.45, 7) is 9.26. The first kappa shape index (κ1) is 22.3. The Bertz CT molecular complexity index is 996. The first-order valence-corrected chi connectivity index (χ1v) is 11.4. The second-order valence-electron chi connectivity index (χ2n) is 7.56. The number of aryl methyl sites for hydroxylation is 3. The van der Waals surface area contributed by atoms with Crippen LogP contribution in [0.4, 0.5) is 5.69 Å². The zero-order valence-electron chi connectivity index (χ0n) is 17.9.